The lowest BCUT2D eigenvalue weighted by atomic mass is 9.82. The first-order chi connectivity index (χ1) is 9.98. The maximum Gasteiger partial charge on any atom is 0.329 e. The predicted molar refractivity (Wildman–Crippen MR) is 86.0 cm³/mol. The quantitative estimate of drug-likeness (QED) is 0.447. The van der Waals surface area contributed by atoms with E-state index in [1.54, 1.807) is 6.92 Å². The van der Waals surface area contributed by atoms with Gasteiger partial charge in [0.2, 0.25) is 0 Å². The minimum absolute atomic E-state index is 0.103. The van der Waals surface area contributed by atoms with Gasteiger partial charge in [-0.25, -0.2) is 0 Å². The number of halogens is 1. The van der Waals surface area contributed by atoms with Crippen molar-refractivity contribution in [2.45, 2.75) is 58.8 Å². The molecule has 0 aromatic heterocycles. The van der Waals surface area contributed by atoms with Gasteiger partial charge in [-0.3, -0.25) is 9.35 Å². The van der Waals surface area contributed by atoms with Crippen molar-refractivity contribution in [3.63, 3.8) is 0 Å². The van der Waals surface area contributed by atoms with Gasteiger partial charge < -0.3 is 4.74 Å². The molecular formula is C15H23ClO5S. The van der Waals surface area contributed by atoms with E-state index in [0.717, 1.165) is 12.8 Å². The van der Waals surface area contributed by atoms with Crippen molar-refractivity contribution < 1.29 is 22.5 Å². The molecule has 5 nitrogen and oxygen atoms in total. The van der Waals surface area contributed by atoms with Gasteiger partial charge in [-0.05, 0) is 30.8 Å². The van der Waals surface area contributed by atoms with Crippen LogP contribution in [0.4, 0.5) is 0 Å². The van der Waals surface area contributed by atoms with Crippen LogP contribution in [0.1, 0.15) is 53.4 Å². The van der Waals surface area contributed by atoms with Crippen molar-refractivity contribution in [2.24, 2.45) is 5.41 Å². The van der Waals surface area contributed by atoms with Gasteiger partial charge in [0.05, 0.1) is 0 Å². The van der Waals surface area contributed by atoms with E-state index < -0.39 is 26.9 Å². The highest BCUT2D eigenvalue weighted by molar-refractivity contribution is 7.90. The second-order valence-corrected chi connectivity index (χ2v) is 8.21. The third-order valence-corrected chi connectivity index (χ3v) is 4.66. The first-order valence-corrected chi connectivity index (χ1v) is 9.12. The van der Waals surface area contributed by atoms with Crippen LogP contribution >= 0.6 is 11.6 Å². The van der Waals surface area contributed by atoms with Crippen LogP contribution in [-0.2, 0) is 19.6 Å². The zero-order chi connectivity index (χ0) is 17.1. The summed E-state index contributed by atoms with van der Waals surface area (Å²) in [4.78, 5) is 11.6. The summed E-state index contributed by atoms with van der Waals surface area (Å²) in [5, 5.41) is -0.835. The molecular weight excluding hydrogens is 328 g/mol. The molecule has 0 aliphatic heterocycles. The van der Waals surface area contributed by atoms with Gasteiger partial charge in [0.25, 0.3) is 10.1 Å². The highest BCUT2D eigenvalue weighted by Crippen LogP contribution is 2.39. The smallest absolute Gasteiger partial charge is 0.329 e. The van der Waals surface area contributed by atoms with Gasteiger partial charge in [0, 0.05) is 0 Å². The highest BCUT2D eigenvalue weighted by atomic mass is 35.5. The normalized spacial score (nSPS) is 19.6. The Morgan fingerprint density at radius 2 is 2.09 bits per heavy atom. The van der Waals surface area contributed by atoms with Crippen molar-refractivity contribution in [3.05, 3.63) is 22.3 Å². The van der Waals surface area contributed by atoms with Gasteiger partial charge in [-0.15, -0.1) is 11.6 Å². The summed E-state index contributed by atoms with van der Waals surface area (Å²) in [5.74, 6) is -0.798. The number of rotatable bonds is 6. The molecule has 126 valence electrons. The van der Waals surface area contributed by atoms with Gasteiger partial charge in [-0.2, -0.15) is 8.42 Å². The monoisotopic (exact) mass is 350 g/mol. The summed E-state index contributed by atoms with van der Waals surface area (Å²) >= 11 is 5.97. The Morgan fingerprint density at radius 3 is 2.59 bits per heavy atom. The molecule has 1 unspecified atom stereocenters. The average molecular weight is 351 g/mol. The third kappa shape index (κ3) is 5.11. The molecule has 22 heavy (non-hydrogen) atoms. The van der Waals surface area contributed by atoms with E-state index in [1.807, 2.05) is 20.8 Å². The fourth-order valence-electron chi connectivity index (χ4n) is 2.44. The molecule has 7 heteroatoms. The lowest BCUT2D eigenvalue weighted by Crippen LogP contribution is -2.25. The summed E-state index contributed by atoms with van der Waals surface area (Å²) in [7, 11) is -4.48. The van der Waals surface area contributed by atoms with Crippen LogP contribution in [0.25, 0.3) is 0 Å². The average Bonchev–Trinajstić information content (AvgIpc) is 2.36. The lowest BCUT2D eigenvalue weighted by Gasteiger charge is -2.29. The van der Waals surface area contributed by atoms with Crippen LogP contribution in [0.3, 0.4) is 0 Å². The Morgan fingerprint density at radius 1 is 1.50 bits per heavy atom. The predicted octanol–water partition coefficient (Wildman–Crippen LogP) is 3.80. The lowest BCUT2D eigenvalue weighted by molar-refractivity contribution is -0.138. The highest BCUT2D eigenvalue weighted by Gasteiger charge is 2.34. The van der Waals surface area contributed by atoms with Crippen molar-refractivity contribution in [2.75, 3.05) is 0 Å². The number of unbranched alkanes of at least 4 members (excludes halogenated alkanes) is 1. The van der Waals surface area contributed by atoms with Crippen LogP contribution in [0.15, 0.2) is 22.3 Å². The fourth-order valence-corrected chi connectivity index (χ4v) is 3.56. The van der Waals surface area contributed by atoms with E-state index in [1.165, 1.54) is 6.08 Å². The van der Waals surface area contributed by atoms with Crippen LogP contribution in [0.2, 0.25) is 0 Å². The van der Waals surface area contributed by atoms with Gasteiger partial charge in [0.1, 0.15) is 10.3 Å². The zero-order valence-corrected chi connectivity index (χ0v) is 14.9. The molecule has 0 bridgehead atoms. The number of hydrogen-bond acceptors (Lipinski definition) is 4. The van der Waals surface area contributed by atoms with Crippen LogP contribution in [-0.4, -0.2) is 24.3 Å². The third-order valence-electron chi connectivity index (χ3n) is 3.40. The number of ether oxygens (including phenoxy) is 1. The van der Waals surface area contributed by atoms with E-state index in [4.69, 9.17) is 16.3 Å². The summed E-state index contributed by atoms with van der Waals surface area (Å²) in [6, 6.07) is 0. The molecule has 1 rings (SSSR count). The molecule has 0 radical (unpaired) electrons. The molecule has 0 saturated carbocycles. The molecule has 0 aromatic rings. The van der Waals surface area contributed by atoms with Crippen LogP contribution in [0, 0.1) is 5.41 Å². The van der Waals surface area contributed by atoms with Crippen molar-refractivity contribution in [1.82, 2.24) is 0 Å². The molecule has 0 spiro atoms. The number of carbonyl (C=O) groups is 1. The Hall–Kier alpha value is -0.850. The standard InChI is InChI=1S/C15H23ClO5S/c1-5-6-7-11(16)14(17)21-13-10(2)8-15(3,4)9-12(13)22(18,19)20/h9,11H,5-8H2,1-4H3,(H,18,19,20). The second kappa shape index (κ2) is 7.15. The maximum atomic E-state index is 12.0. The van der Waals surface area contributed by atoms with E-state index in [0.29, 0.717) is 18.4 Å². The number of allylic oxidation sites excluding steroid dienone is 2. The molecule has 1 atom stereocenters. The van der Waals surface area contributed by atoms with Gasteiger partial charge >= 0.3 is 5.97 Å². The molecule has 0 saturated heterocycles. The van der Waals surface area contributed by atoms with Gasteiger partial charge in [0.15, 0.2) is 5.76 Å². The van der Waals surface area contributed by atoms with E-state index in [-0.39, 0.29) is 10.7 Å². The molecule has 0 aromatic carbocycles. The van der Waals surface area contributed by atoms with Crippen LogP contribution in [0.5, 0.6) is 0 Å². The number of esters is 1. The first-order valence-electron chi connectivity index (χ1n) is 7.24. The number of carbonyl (C=O) groups excluding carboxylic acids is 1. The maximum absolute atomic E-state index is 12.0. The molecule has 1 N–H and O–H groups in total. The SMILES string of the molecule is CCCCC(Cl)C(=O)OC1=C(C)CC(C)(C)C=C1S(=O)(=O)O. The Kier molecular flexibility index (Phi) is 6.24. The molecule has 0 heterocycles. The fraction of sp³-hybridized carbons (Fsp3) is 0.667. The molecule has 0 fully saturated rings. The Labute approximate surface area is 137 Å². The van der Waals surface area contributed by atoms with Crippen LogP contribution < -0.4 is 0 Å². The van der Waals surface area contributed by atoms with E-state index in [9.17, 15) is 17.8 Å². The Bertz CT molecular complexity index is 601. The van der Waals surface area contributed by atoms with Crippen molar-refractivity contribution >= 4 is 27.7 Å². The summed E-state index contributed by atoms with van der Waals surface area (Å²) in [5.41, 5.74) is 0.140. The second-order valence-electron chi connectivity index (χ2n) is 6.29. The van der Waals surface area contributed by atoms with E-state index in [2.05, 4.69) is 0 Å². The van der Waals surface area contributed by atoms with Gasteiger partial charge in [-0.1, -0.05) is 39.7 Å². The topological polar surface area (TPSA) is 80.7 Å². The summed E-state index contributed by atoms with van der Waals surface area (Å²) in [6.07, 6.45) is 4.06. The molecule has 1 aliphatic rings. The minimum atomic E-state index is -4.48. The largest absolute Gasteiger partial charge is 0.424 e. The first kappa shape index (κ1) is 19.2. The van der Waals surface area contributed by atoms with Crippen molar-refractivity contribution in [3.8, 4) is 0 Å². The van der Waals surface area contributed by atoms with E-state index >= 15 is 0 Å². The molecule has 0 amide bonds. The minimum Gasteiger partial charge on any atom is -0.424 e. The summed E-state index contributed by atoms with van der Waals surface area (Å²) < 4.78 is 37.8. The zero-order valence-electron chi connectivity index (χ0n) is 13.3. The Balaban J connectivity index is 3.06. The number of hydrogen-bond donors (Lipinski definition) is 1. The van der Waals surface area contributed by atoms with Crippen molar-refractivity contribution in [1.29, 1.82) is 0 Å². The number of alkyl halides is 1. The summed E-state index contributed by atoms with van der Waals surface area (Å²) in [6.45, 7) is 7.33. The molecule has 1 aliphatic carbocycles.